The molecule has 0 radical (unpaired) electrons. The van der Waals surface area contributed by atoms with Gasteiger partial charge in [0.1, 0.15) is 11.6 Å². The van der Waals surface area contributed by atoms with Crippen LogP contribution in [-0.4, -0.2) is 18.3 Å². The summed E-state index contributed by atoms with van der Waals surface area (Å²) < 4.78 is 26.4. The summed E-state index contributed by atoms with van der Waals surface area (Å²) in [6.45, 7) is 5.07. The highest BCUT2D eigenvalue weighted by molar-refractivity contribution is 7.99. The molecule has 0 saturated carbocycles. The van der Waals surface area contributed by atoms with Crippen molar-refractivity contribution in [3.8, 4) is 0 Å². The lowest BCUT2D eigenvalue weighted by molar-refractivity contribution is 0.530. The van der Waals surface area contributed by atoms with E-state index in [0.29, 0.717) is 10.9 Å². The van der Waals surface area contributed by atoms with Crippen LogP contribution in [0.2, 0.25) is 0 Å². The van der Waals surface area contributed by atoms with E-state index in [9.17, 15) is 8.78 Å². The molecule has 0 aliphatic rings. The minimum atomic E-state index is -0.385. The molecular formula is C13H19F2NS. The quantitative estimate of drug-likeness (QED) is 0.747. The second-order valence-corrected chi connectivity index (χ2v) is 4.99. The van der Waals surface area contributed by atoms with Crippen molar-refractivity contribution >= 4 is 11.8 Å². The van der Waals surface area contributed by atoms with Gasteiger partial charge in [-0.15, -0.1) is 11.8 Å². The van der Waals surface area contributed by atoms with E-state index in [2.05, 4.69) is 19.2 Å². The Labute approximate surface area is 106 Å². The van der Waals surface area contributed by atoms with Crippen LogP contribution in [0.1, 0.15) is 26.7 Å². The first-order valence-electron chi connectivity index (χ1n) is 5.98. The molecule has 1 aromatic rings. The molecule has 0 spiro atoms. The first kappa shape index (κ1) is 14.5. The minimum absolute atomic E-state index is 0.344. The predicted octanol–water partition coefficient (Wildman–Crippen LogP) is 3.84. The number of benzene rings is 1. The molecule has 1 aromatic carbocycles. The van der Waals surface area contributed by atoms with Crippen molar-refractivity contribution in [3.63, 3.8) is 0 Å². The Bertz CT molecular complexity index is 338. The van der Waals surface area contributed by atoms with E-state index >= 15 is 0 Å². The Morgan fingerprint density at radius 2 is 2.06 bits per heavy atom. The summed E-state index contributed by atoms with van der Waals surface area (Å²) in [5, 5.41) is 3.35. The monoisotopic (exact) mass is 259 g/mol. The van der Waals surface area contributed by atoms with Crippen molar-refractivity contribution in [1.82, 2.24) is 5.32 Å². The van der Waals surface area contributed by atoms with Crippen LogP contribution in [0.4, 0.5) is 8.78 Å². The second-order valence-electron chi connectivity index (χ2n) is 3.93. The largest absolute Gasteiger partial charge is 0.313 e. The molecule has 1 nitrogen and oxygen atoms in total. The fraction of sp³-hybridized carbons (Fsp3) is 0.538. The summed E-state index contributed by atoms with van der Waals surface area (Å²) in [5.41, 5.74) is 0. The Hall–Kier alpha value is -0.610. The summed E-state index contributed by atoms with van der Waals surface area (Å²) in [6, 6.07) is 3.94. The summed E-state index contributed by atoms with van der Waals surface area (Å²) in [4.78, 5) is 0.393. The number of hydrogen-bond acceptors (Lipinski definition) is 2. The molecule has 0 saturated heterocycles. The molecule has 0 fully saturated rings. The smallest absolute Gasteiger partial charge is 0.136 e. The van der Waals surface area contributed by atoms with Gasteiger partial charge in [-0.1, -0.05) is 20.3 Å². The highest BCUT2D eigenvalue weighted by atomic mass is 32.2. The third-order valence-corrected chi connectivity index (χ3v) is 3.66. The maximum absolute atomic E-state index is 13.4. The van der Waals surface area contributed by atoms with Crippen LogP contribution in [0.15, 0.2) is 23.1 Å². The lowest BCUT2D eigenvalue weighted by Crippen LogP contribution is -2.30. The zero-order valence-corrected chi connectivity index (χ0v) is 11.1. The number of nitrogens with one attached hydrogen (secondary N) is 1. The third kappa shape index (κ3) is 5.04. The van der Waals surface area contributed by atoms with Crippen LogP contribution in [0, 0.1) is 11.6 Å². The number of rotatable bonds is 7. The number of halogens is 2. The molecule has 96 valence electrons. The van der Waals surface area contributed by atoms with E-state index in [1.165, 1.54) is 23.9 Å². The van der Waals surface area contributed by atoms with Crippen LogP contribution in [0.5, 0.6) is 0 Å². The standard InChI is InChI=1S/C13H19F2NS/c1-3-5-11(16-4-2)9-17-13-8-10(14)6-7-12(13)15/h6-8,11,16H,3-5,9H2,1-2H3. The van der Waals surface area contributed by atoms with Gasteiger partial charge in [0, 0.05) is 16.7 Å². The van der Waals surface area contributed by atoms with Gasteiger partial charge in [0.15, 0.2) is 0 Å². The zero-order valence-electron chi connectivity index (χ0n) is 10.3. The Morgan fingerprint density at radius 3 is 2.71 bits per heavy atom. The van der Waals surface area contributed by atoms with Gasteiger partial charge in [0.05, 0.1) is 0 Å². The first-order chi connectivity index (χ1) is 8.17. The summed E-state index contributed by atoms with van der Waals surface area (Å²) in [5.74, 6) is 0.0368. The molecule has 0 heterocycles. The number of hydrogen-bond donors (Lipinski definition) is 1. The zero-order chi connectivity index (χ0) is 12.7. The lowest BCUT2D eigenvalue weighted by atomic mass is 10.2. The van der Waals surface area contributed by atoms with E-state index < -0.39 is 0 Å². The van der Waals surface area contributed by atoms with Gasteiger partial charge < -0.3 is 5.32 Å². The Morgan fingerprint density at radius 1 is 1.29 bits per heavy atom. The molecule has 17 heavy (non-hydrogen) atoms. The van der Waals surface area contributed by atoms with E-state index in [-0.39, 0.29) is 11.6 Å². The minimum Gasteiger partial charge on any atom is -0.313 e. The molecule has 0 aliphatic heterocycles. The first-order valence-corrected chi connectivity index (χ1v) is 6.97. The van der Waals surface area contributed by atoms with Crippen molar-refractivity contribution in [2.45, 2.75) is 37.6 Å². The molecule has 1 atom stereocenters. The SMILES string of the molecule is CCCC(CSc1cc(F)ccc1F)NCC. The summed E-state index contributed by atoms with van der Waals surface area (Å²) in [6.07, 6.45) is 2.14. The van der Waals surface area contributed by atoms with Crippen LogP contribution < -0.4 is 5.32 Å². The normalized spacial score (nSPS) is 12.7. The average Bonchev–Trinajstić information content (AvgIpc) is 2.30. The Balaban J connectivity index is 2.55. The fourth-order valence-corrected chi connectivity index (χ4v) is 2.73. The van der Waals surface area contributed by atoms with Gasteiger partial charge in [0.2, 0.25) is 0 Å². The molecule has 0 aromatic heterocycles. The van der Waals surface area contributed by atoms with E-state index in [0.717, 1.165) is 31.2 Å². The molecular weight excluding hydrogens is 240 g/mol. The van der Waals surface area contributed by atoms with Gasteiger partial charge in [-0.25, -0.2) is 8.78 Å². The van der Waals surface area contributed by atoms with Crippen LogP contribution in [0.25, 0.3) is 0 Å². The van der Waals surface area contributed by atoms with Crippen molar-refractivity contribution in [2.75, 3.05) is 12.3 Å². The maximum Gasteiger partial charge on any atom is 0.136 e. The molecule has 0 aliphatic carbocycles. The van der Waals surface area contributed by atoms with Gasteiger partial charge in [-0.3, -0.25) is 0 Å². The molecule has 0 bridgehead atoms. The van der Waals surface area contributed by atoms with Crippen molar-refractivity contribution in [3.05, 3.63) is 29.8 Å². The van der Waals surface area contributed by atoms with E-state index in [1.54, 1.807) is 0 Å². The maximum atomic E-state index is 13.4. The Kier molecular flexibility index (Phi) is 6.52. The third-order valence-electron chi connectivity index (χ3n) is 2.46. The van der Waals surface area contributed by atoms with Gasteiger partial charge in [0.25, 0.3) is 0 Å². The molecule has 0 amide bonds. The van der Waals surface area contributed by atoms with Crippen LogP contribution >= 0.6 is 11.8 Å². The van der Waals surface area contributed by atoms with Crippen molar-refractivity contribution < 1.29 is 8.78 Å². The molecule has 1 unspecified atom stereocenters. The lowest BCUT2D eigenvalue weighted by Gasteiger charge is -2.16. The highest BCUT2D eigenvalue weighted by Gasteiger charge is 2.10. The molecule has 1 rings (SSSR count). The van der Waals surface area contributed by atoms with Crippen LogP contribution in [0.3, 0.4) is 0 Å². The van der Waals surface area contributed by atoms with Gasteiger partial charge in [-0.05, 0) is 31.2 Å². The molecule has 4 heteroatoms. The van der Waals surface area contributed by atoms with E-state index in [1.807, 2.05) is 0 Å². The highest BCUT2D eigenvalue weighted by Crippen LogP contribution is 2.24. The van der Waals surface area contributed by atoms with Crippen LogP contribution in [-0.2, 0) is 0 Å². The predicted molar refractivity (Wildman–Crippen MR) is 69.5 cm³/mol. The number of thioether (sulfide) groups is 1. The second kappa shape index (κ2) is 7.67. The summed E-state index contributed by atoms with van der Waals surface area (Å²) >= 11 is 1.37. The molecule has 1 N–H and O–H groups in total. The van der Waals surface area contributed by atoms with E-state index in [4.69, 9.17) is 0 Å². The van der Waals surface area contributed by atoms with Crippen molar-refractivity contribution in [1.29, 1.82) is 0 Å². The van der Waals surface area contributed by atoms with Gasteiger partial charge in [-0.2, -0.15) is 0 Å². The summed E-state index contributed by atoms with van der Waals surface area (Å²) in [7, 11) is 0. The van der Waals surface area contributed by atoms with Crippen molar-refractivity contribution in [2.24, 2.45) is 0 Å². The topological polar surface area (TPSA) is 12.0 Å². The fourth-order valence-electron chi connectivity index (χ4n) is 1.66. The average molecular weight is 259 g/mol. The van der Waals surface area contributed by atoms with Gasteiger partial charge >= 0.3 is 0 Å².